The second-order valence-corrected chi connectivity index (χ2v) is 5.55. The molecule has 3 nitrogen and oxygen atoms in total. The Labute approximate surface area is 123 Å². The number of carboxylic acids is 1. The predicted molar refractivity (Wildman–Crippen MR) is 81.1 cm³/mol. The van der Waals surface area contributed by atoms with Crippen molar-refractivity contribution in [2.75, 3.05) is 0 Å². The van der Waals surface area contributed by atoms with E-state index in [1.807, 2.05) is 24.3 Å². The van der Waals surface area contributed by atoms with Crippen LogP contribution >= 0.6 is 0 Å². The maximum atomic E-state index is 10.5. The summed E-state index contributed by atoms with van der Waals surface area (Å²) >= 11 is 0. The molecule has 2 N–H and O–H groups in total. The second kappa shape index (κ2) is 5.70. The zero-order chi connectivity index (χ0) is 14.8. The highest BCUT2D eigenvalue weighted by Gasteiger charge is 2.19. The zero-order valence-electron chi connectivity index (χ0n) is 11.7. The Morgan fingerprint density at radius 1 is 1.10 bits per heavy atom. The third-order valence-corrected chi connectivity index (χ3v) is 4.08. The molecule has 1 atom stereocenters. The lowest BCUT2D eigenvalue weighted by Gasteiger charge is -2.12. The van der Waals surface area contributed by atoms with Gasteiger partial charge in [0.15, 0.2) is 0 Å². The van der Waals surface area contributed by atoms with Crippen LogP contribution in [0.3, 0.4) is 0 Å². The van der Waals surface area contributed by atoms with Gasteiger partial charge >= 0.3 is 5.97 Å². The van der Waals surface area contributed by atoms with Crippen LogP contribution in [0.5, 0.6) is 0 Å². The summed E-state index contributed by atoms with van der Waals surface area (Å²) in [5.74, 6) is -0.815. The average molecular weight is 282 g/mol. The molecule has 0 spiro atoms. The van der Waals surface area contributed by atoms with Gasteiger partial charge < -0.3 is 10.2 Å². The first-order valence-electron chi connectivity index (χ1n) is 7.26. The monoisotopic (exact) mass is 282 g/mol. The summed E-state index contributed by atoms with van der Waals surface area (Å²) in [7, 11) is 0. The first kappa shape index (κ1) is 13.8. The van der Waals surface area contributed by atoms with E-state index < -0.39 is 12.1 Å². The molecule has 0 amide bonds. The largest absolute Gasteiger partial charge is 0.481 e. The standard InChI is InChI=1S/C18H18O3/c19-17(6-3-7-18(20)21)14-9-8-13-10-12-4-1-2-5-15(12)16(13)11-14/h1-2,4-5,8-9,11,17,19H,3,6-7,10H2,(H,20,21). The molecule has 0 heterocycles. The number of hydrogen-bond acceptors (Lipinski definition) is 2. The van der Waals surface area contributed by atoms with Crippen molar-refractivity contribution >= 4 is 5.97 Å². The van der Waals surface area contributed by atoms with E-state index in [1.54, 1.807) is 0 Å². The number of benzene rings is 2. The molecule has 0 fully saturated rings. The van der Waals surface area contributed by atoms with Gasteiger partial charge in [0.1, 0.15) is 0 Å². The normalized spacial score (nSPS) is 13.6. The van der Waals surface area contributed by atoms with Gasteiger partial charge in [-0.1, -0.05) is 36.4 Å². The van der Waals surface area contributed by atoms with Gasteiger partial charge in [0.05, 0.1) is 6.10 Å². The molecule has 0 bridgehead atoms. The van der Waals surface area contributed by atoms with Gasteiger partial charge in [0.25, 0.3) is 0 Å². The molecule has 0 aromatic heterocycles. The molecule has 0 aliphatic heterocycles. The van der Waals surface area contributed by atoms with Crippen molar-refractivity contribution in [2.45, 2.75) is 31.8 Å². The van der Waals surface area contributed by atoms with Crippen molar-refractivity contribution in [3.05, 3.63) is 59.2 Å². The van der Waals surface area contributed by atoms with Crippen LogP contribution < -0.4 is 0 Å². The molecule has 0 saturated carbocycles. The van der Waals surface area contributed by atoms with E-state index in [2.05, 4.69) is 18.2 Å². The van der Waals surface area contributed by atoms with Gasteiger partial charge in [-0.15, -0.1) is 0 Å². The summed E-state index contributed by atoms with van der Waals surface area (Å²) in [5.41, 5.74) is 5.92. The SMILES string of the molecule is O=C(O)CCCC(O)c1ccc2c(c1)-c1ccccc1C2. The highest BCUT2D eigenvalue weighted by Crippen LogP contribution is 2.38. The van der Waals surface area contributed by atoms with E-state index in [1.165, 1.54) is 22.3 Å². The molecule has 1 unspecified atom stereocenters. The third kappa shape index (κ3) is 2.83. The van der Waals surface area contributed by atoms with Crippen LogP contribution in [-0.2, 0) is 11.2 Å². The second-order valence-electron chi connectivity index (χ2n) is 5.55. The Morgan fingerprint density at radius 2 is 1.86 bits per heavy atom. The summed E-state index contributed by atoms with van der Waals surface area (Å²) in [6.07, 6.45) is 1.42. The molecular weight excluding hydrogens is 264 g/mol. The van der Waals surface area contributed by atoms with Crippen LogP contribution in [0.4, 0.5) is 0 Å². The van der Waals surface area contributed by atoms with E-state index in [0.717, 1.165) is 12.0 Å². The Bertz CT molecular complexity index is 676. The Hall–Kier alpha value is -2.13. The smallest absolute Gasteiger partial charge is 0.303 e. The minimum Gasteiger partial charge on any atom is -0.481 e. The van der Waals surface area contributed by atoms with E-state index in [9.17, 15) is 9.90 Å². The highest BCUT2D eigenvalue weighted by atomic mass is 16.4. The Balaban J connectivity index is 1.80. The summed E-state index contributed by atoms with van der Waals surface area (Å²) in [4.78, 5) is 10.5. The van der Waals surface area contributed by atoms with Crippen LogP contribution in [0, 0.1) is 0 Å². The average Bonchev–Trinajstić information content (AvgIpc) is 2.84. The molecule has 108 valence electrons. The van der Waals surface area contributed by atoms with E-state index in [-0.39, 0.29) is 6.42 Å². The lowest BCUT2D eigenvalue weighted by molar-refractivity contribution is -0.137. The van der Waals surface area contributed by atoms with Gasteiger partial charge in [0, 0.05) is 6.42 Å². The first-order valence-corrected chi connectivity index (χ1v) is 7.26. The fraction of sp³-hybridized carbons (Fsp3) is 0.278. The van der Waals surface area contributed by atoms with Crippen molar-refractivity contribution in [1.29, 1.82) is 0 Å². The predicted octanol–water partition coefficient (Wildman–Crippen LogP) is 3.55. The van der Waals surface area contributed by atoms with E-state index in [0.29, 0.717) is 12.8 Å². The Kier molecular flexibility index (Phi) is 3.76. The molecule has 2 aromatic carbocycles. The summed E-state index contributed by atoms with van der Waals surface area (Å²) in [5, 5.41) is 18.9. The molecule has 21 heavy (non-hydrogen) atoms. The minimum absolute atomic E-state index is 0.102. The van der Waals surface area contributed by atoms with Crippen molar-refractivity contribution < 1.29 is 15.0 Å². The van der Waals surface area contributed by atoms with Gasteiger partial charge in [-0.25, -0.2) is 0 Å². The van der Waals surface area contributed by atoms with Gasteiger partial charge in [-0.3, -0.25) is 4.79 Å². The van der Waals surface area contributed by atoms with Crippen molar-refractivity contribution in [3.63, 3.8) is 0 Å². The highest BCUT2D eigenvalue weighted by molar-refractivity contribution is 5.77. The van der Waals surface area contributed by atoms with Crippen molar-refractivity contribution in [1.82, 2.24) is 0 Å². The molecule has 0 radical (unpaired) electrons. The first-order chi connectivity index (χ1) is 10.1. The number of fused-ring (bicyclic) bond motifs is 3. The Morgan fingerprint density at radius 3 is 2.67 bits per heavy atom. The summed E-state index contributed by atoms with van der Waals surface area (Å²) < 4.78 is 0. The summed E-state index contributed by atoms with van der Waals surface area (Å²) in [6, 6.07) is 14.4. The fourth-order valence-corrected chi connectivity index (χ4v) is 2.96. The number of hydrogen-bond donors (Lipinski definition) is 2. The molecular formula is C18H18O3. The van der Waals surface area contributed by atoms with Crippen LogP contribution in [0.15, 0.2) is 42.5 Å². The molecule has 3 heteroatoms. The summed E-state index contributed by atoms with van der Waals surface area (Å²) in [6.45, 7) is 0. The van der Waals surface area contributed by atoms with E-state index >= 15 is 0 Å². The fourth-order valence-electron chi connectivity index (χ4n) is 2.96. The maximum Gasteiger partial charge on any atom is 0.303 e. The molecule has 1 aliphatic carbocycles. The lowest BCUT2D eigenvalue weighted by atomic mass is 9.98. The number of aliphatic carboxylic acids is 1. The van der Waals surface area contributed by atoms with E-state index in [4.69, 9.17) is 5.11 Å². The van der Waals surface area contributed by atoms with Crippen LogP contribution in [0.25, 0.3) is 11.1 Å². The maximum absolute atomic E-state index is 10.5. The van der Waals surface area contributed by atoms with Crippen molar-refractivity contribution in [3.8, 4) is 11.1 Å². The van der Waals surface area contributed by atoms with Crippen LogP contribution in [-0.4, -0.2) is 16.2 Å². The van der Waals surface area contributed by atoms with Gasteiger partial charge in [-0.2, -0.15) is 0 Å². The molecule has 1 aliphatic rings. The number of carboxylic acid groups (broad SMARTS) is 1. The lowest BCUT2D eigenvalue weighted by Crippen LogP contribution is -2.01. The van der Waals surface area contributed by atoms with Crippen LogP contribution in [0.1, 0.15) is 42.1 Å². The zero-order valence-corrected chi connectivity index (χ0v) is 11.7. The number of rotatable bonds is 5. The number of aliphatic hydroxyl groups is 1. The number of carbonyl (C=O) groups is 1. The molecule has 3 rings (SSSR count). The third-order valence-electron chi connectivity index (χ3n) is 4.08. The topological polar surface area (TPSA) is 57.5 Å². The number of aliphatic hydroxyl groups excluding tert-OH is 1. The minimum atomic E-state index is -0.815. The quantitative estimate of drug-likeness (QED) is 0.752. The van der Waals surface area contributed by atoms with Gasteiger partial charge in [-0.05, 0) is 53.1 Å². The molecule has 2 aromatic rings. The van der Waals surface area contributed by atoms with Crippen molar-refractivity contribution in [2.24, 2.45) is 0 Å². The molecule has 0 saturated heterocycles. The van der Waals surface area contributed by atoms with Gasteiger partial charge in [0.2, 0.25) is 0 Å². The van der Waals surface area contributed by atoms with Crippen LogP contribution in [0.2, 0.25) is 0 Å².